The molecule has 2 aromatic rings. The minimum atomic E-state index is -3.27. The van der Waals surface area contributed by atoms with Gasteiger partial charge in [-0.3, -0.25) is 9.88 Å². The maximum absolute atomic E-state index is 11.9. The van der Waals surface area contributed by atoms with Crippen LogP contribution in [0.5, 0.6) is 5.88 Å². The summed E-state index contributed by atoms with van der Waals surface area (Å²) in [6.07, 6.45) is 11.6. The van der Waals surface area contributed by atoms with Crippen LogP contribution in [0.3, 0.4) is 0 Å². The molecule has 34 heavy (non-hydrogen) atoms. The number of morpholine rings is 1. The fourth-order valence-corrected chi connectivity index (χ4v) is 5.38. The number of ether oxygens (including phenoxy) is 2. The van der Waals surface area contributed by atoms with Crippen molar-refractivity contribution in [3.05, 3.63) is 42.4 Å². The molecule has 0 saturated carbocycles. The minimum Gasteiger partial charge on any atom is -0.473 e. The molecule has 10 nitrogen and oxygen atoms in total. The van der Waals surface area contributed by atoms with Gasteiger partial charge in [0.2, 0.25) is 15.9 Å². The zero-order valence-electron chi connectivity index (χ0n) is 19.3. The summed E-state index contributed by atoms with van der Waals surface area (Å²) in [6, 6.07) is 2.34. The highest BCUT2D eigenvalue weighted by molar-refractivity contribution is 7.88. The number of nitrogens with zero attached hydrogens (tertiary/aromatic N) is 5. The van der Waals surface area contributed by atoms with E-state index in [9.17, 15) is 8.42 Å². The van der Waals surface area contributed by atoms with Crippen molar-refractivity contribution in [1.29, 1.82) is 0 Å². The molecule has 182 valence electrons. The molecule has 2 atom stereocenters. The van der Waals surface area contributed by atoms with Crippen molar-refractivity contribution in [3.8, 4) is 5.88 Å². The maximum atomic E-state index is 11.9. The maximum Gasteiger partial charge on any atom is 0.242 e. The molecule has 2 aliphatic heterocycles. The summed E-state index contributed by atoms with van der Waals surface area (Å²) in [4.78, 5) is 16.1. The fraction of sp³-hybridized carbons (Fsp3) is 0.522. The van der Waals surface area contributed by atoms with Crippen molar-refractivity contribution in [2.24, 2.45) is 0 Å². The molecule has 0 aromatic carbocycles. The molecular formula is C23H30N6O4S. The lowest BCUT2D eigenvalue weighted by atomic mass is 9.98. The van der Waals surface area contributed by atoms with Gasteiger partial charge in [0.15, 0.2) is 5.52 Å². The molecule has 0 bridgehead atoms. The first-order valence-corrected chi connectivity index (χ1v) is 13.5. The van der Waals surface area contributed by atoms with Crippen LogP contribution in [0.2, 0.25) is 0 Å². The first-order valence-electron chi connectivity index (χ1n) is 11.6. The average Bonchev–Trinajstić information content (AvgIpc) is 2.87. The summed E-state index contributed by atoms with van der Waals surface area (Å²) in [5.41, 5.74) is 3.07. The fourth-order valence-electron chi connectivity index (χ4n) is 4.54. The summed E-state index contributed by atoms with van der Waals surface area (Å²) in [5, 5.41) is 3.40. The summed E-state index contributed by atoms with van der Waals surface area (Å²) in [5.74, 6) is 0.374. The molecule has 0 amide bonds. The van der Waals surface area contributed by atoms with E-state index in [-0.39, 0.29) is 19.3 Å². The molecule has 4 heterocycles. The number of hydrogen-bond acceptors (Lipinski definition) is 9. The average molecular weight is 487 g/mol. The van der Waals surface area contributed by atoms with Crippen LogP contribution in [0.1, 0.15) is 12.1 Å². The molecule has 2 saturated heterocycles. The third kappa shape index (κ3) is 5.28. The van der Waals surface area contributed by atoms with Gasteiger partial charge in [-0.05, 0) is 18.1 Å². The molecule has 0 radical (unpaired) electrons. The van der Waals surface area contributed by atoms with E-state index >= 15 is 0 Å². The Hall–Kier alpha value is -2.44. The molecular weight excluding hydrogens is 456 g/mol. The predicted octanol–water partition coefficient (Wildman–Crippen LogP) is 0.681. The van der Waals surface area contributed by atoms with Crippen molar-refractivity contribution in [2.75, 3.05) is 58.7 Å². The van der Waals surface area contributed by atoms with Crippen LogP contribution in [-0.4, -0.2) is 103 Å². The second-order valence-electron chi connectivity index (χ2n) is 8.77. The number of rotatable bonds is 6. The first kappa shape index (κ1) is 23.3. The van der Waals surface area contributed by atoms with Gasteiger partial charge in [-0.2, -0.15) is 4.31 Å². The summed E-state index contributed by atoms with van der Waals surface area (Å²) < 4.78 is 37.0. The minimum absolute atomic E-state index is 0.175. The Morgan fingerprint density at radius 1 is 1.21 bits per heavy atom. The Balaban J connectivity index is 1.33. The lowest BCUT2D eigenvalue weighted by molar-refractivity contribution is -0.0252. The van der Waals surface area contributed by atoms with E-state index in [2.05, 4.69) is 38.4 Å². The van der Waals surface area contributed by atoms with Gasteiger partial charge in [-0.25, -0.2) is 18.4 Å². The van der Waals surface area contributed by atoms with Gasteiger partial charge in [0.05, 0.1) is 24.1 Å². The molecule has 2 fully saturated rings. The Morgan fingerprint density at radius 2 is 2.03 bits per heavy atom. The highest BCUT2D eigenvalue weighted by atomic mass is 32.2. The predicted molar refractivity (Wildman–Crippen MR) is 129 cm³/mol. The highest BCUT2D eigenvalue weighted by Crippen LogP contribution is 2.28. The zero-order valence-corrected chi connectivity index (χ0v) is 20.1. The molecule has 0 spiro atoms. The van der Waals surface area contributed by atoms with Crippen LogP contribution in [-0.2, 0) is 14.8 Å². The number of nitrogens with one attached hydrogen (secondary N) is 1. The summed E-state index contributed by atoms with van der Waals surface area (Å²) in [6.45, 7) is 5.28. The lowest BCUT2D eigenvalue weighted by Crippen LogP contribution is -2.47. The number of hydrogen-bond donors (Lipinski definition) is 1. The van der Waals surface area contributed by atoms with E-state index in [0.29, 0.717) is 36.1 Å². The zero-order chi connectivity index (χ0) is 23.5. The Labute approximate surface area is 199 Å². The number of aromatic nitrogens is 3. The molecule has 5 rings (SSSR count). The smallest absolute Gasteiger partial charge is 0.242 e. The first-order chi connectivity index (χ1) is 16.5. The second kappa shape index (κ2) is 10.0. The number of sulfonamides is 1. The topological polar surface area (TPSA) is 110 Å². The third-order valence-corrected chi connectivity index (χ3v) is 7.66. The van der Waals surface area contributed by atoms with Crippen LogP contribution >= 0.6 is 0 Å². The van der Waals surface area contributed by atoms with Gasteiger partial charge in [-0.1, -0.05) is 18.2 Å². The third-order valence-electron chi connectivity index (χ3n) is 6.39. The molecule has 2 aromatic heterocycles. The van der Waals surface area contributed by atoms with E-state index in [4.69, 9.17) is 14.5 Å². The second-order valence-corrected chi connectivity index (χ2v) is 10.8. The van der Waals surface area contributed by atoms with Crippen LogP contribution in [0.15, 0.2) is 36.7 Å². The Morgan fingerprint density at radius 3 is 2.79 bits per heavy atom. The van der Waals surface area contributed by atoms with Crippen LogP contribution in [0.25, 0.3) is 16.6 Å². The monoisotopic (exact) mass is 486 g/mol. The molecule has 11 heteroatoms. The van der Waals surface area contributed by atoms with Crippen molar-refractivity contribution < 1.29 is 17.9 Å². The van der Waals surface area contributed by atoms with Gasteiger partial charge in [0, 0.05) is 57.7 Å². The Bertz CT molecular complexity index is 1200. The highest BCUT2D eigenvalue weighted by Gasteiger charge is 2.27. The molecule has 3 aliphatic rings. The van der Waals surface area contributed by atoms with E-state index < -0.39 is 10.0 Å². The van der Waals surface area contributed by atoms with Gasteiger partial charge in [-0.15, -0.1) is 0 Å². The van der Waals surface area contributed by atoms with Crippen LogP contribution < -0.4 is 10.1 Å². The number of pyridine rings is 1. The van der Waals surface area contributed by atoms with Gasteiger partial charge < -0.3 is 14.8 Å². The van der Waals surface area contributed by atoms with Crippen molar-refractivity contribution in [1.82, 2.24) is 29.5 Å². The lowest BCUT2D eigenvalue weighted by Gasteiger charge is -2.34. The van der Waals surface area contributed by atoms with E-state index in [1.807, 2.05) is 6.07 Å². The van der Waals surface area contributed by atoms with Crippen molar-refractivity contribution >= 4 is 26.6 Å². The van der Waals surface area contributed by atoms with E-state index in [0.717, 1.165) is 43.9 Å². The van der Waals surface area contributed by atoms with Gasteiger partial charge in [0.25, 0.3) is 0 Å². The van der Waals surface area contributed by atoms with Crippen LogP contribution in [0, 0.1) is 0 Å². The van der Waals surface area contributed by atoms with E-state index in [1.54, 1.807) is 12.4 Å². The van der Waals surface area contributed by atoms with Gasteiger partial charge in [0.1, 0.15) is 12.7 Å². The molecule has 1 aliphatic carbocycles. The molecule has 1 unspecified atom stereocenters. The quantitative estimate of drug-likeness (QED) is 0.630. The SMILES string of the molecule is CS(=O)(=O)N1CCO[C@H](COc2nc(C3=CCC(N4CCNCC4)C=C3)cc3nccnc23)C1. The van der Waals surface area contributed by atoms with E-state index in [1.165, 1.54) is 10.6 Å². The molecule has 1 N–H and O–H groups in total. The standard InChI is InChI=1S/C23H30N6O4S/c1-34(30,31)29-12-13-32-19(15-29)16-33-23-22-21(25-6-7-26-22)14-20(27-23)17-2-4-18(5-3-17)28-10-8-24-9-11-28/h2-4,6-7,14,18-19,24H,5,8-13,15-16H2,1H3/t18?,19-/m0/s1. The largest absolute Gasteiger partial charge is 0.473 e. The van der Waals surface area contributed by atoms with Crippen molar-refractivity contribution in [2.45, 2.75) is 18.6 Å². The number of allylic oxidation sites excluding steroid dienone is 2. The normalized spacial score (nSPS) is 24.8. The van der Waals surface area contributed by atoms with Crippen molar-refractivity contribution in [3.63, 3.8) is 0 Å². The number of fused-ring (bicyclic) bond motifs is 1. The summed E-state index contributed by atoms with van der Waals surface area (Å²) >= 11 is 0. The Kier molecular flexibility index (Phi) is 6.89. The van der Waals surface area contributed by atoms with Gasteiger partial charge >= 0.3 is 0 Å². The number of piperazine rings is 1. The summed E-state index contributed by atoms with van der Waals surface area (Å²) in [7, 11) is -3.27. The van der Waals surface area contributed by atoms with Crippen LogP contribution in [0.4, 0.5) is 0 Å².